The number of hydrogen-bond acceptors (Lipinski definition) is 4. The van der Waals surface area contributed by atoms with E-state index in [1.807, 2.05) is 30.5 Å². The summed E-state index contributed by atoms with van der Waals surface area (Å²) in [6.07, 6.45) is 0. The van der Waals surface area contributed by atoms with Gasteiger partial charge in [0.1, 0.15) is 0 Å². The monoisotopic (exact) mass is 239 g/mol. The van der Waals surface area contributed by atoms with Crippen molar-refractivity contribution in [3.8, 4) is 0 Å². The molecule has 0 aliphatic heterocycles. The van der Waals surface area contributed by atoms with Gasteiger partial charge in [0.05, 0.1) is 12.2 Å². The van der Waals surface area contributed by atoms with Gasteiger partial charge in [0.25, 0.3) is 0 Å². The smallest absolute Gasteiger partial charge is 0.0946 e. The van der Waals surface area contributed by atoms with E-state index < -0.39 is 0 Å². The lowest BCUT2D eigenvalue weighted by Crippen LogP contribution is -2.01. The summed E-state index contributed by atoms with van der Waals surface area (Å²) in [7, 11) is 0. The van der Waals surface area contributed by atoms with Gasteiger partial charge in [-0.05, 0) is 36.2 Å². The SMILES string of the molecule is Cc1c(Cl)cccc1NCc1csnn1. The molecule has 2 aromatic rings. The third kappa shape index (κ3) is 2.46. The van der Waals surface area contributed by atoms with E-state index in [-0.39, 0.29) is 0 Å². The molecule has 1 heterocycles. The second kappa shape index (κ2) is 4.59. The average Bonchev–Trinajstić information content (AvgIpc) is 2.73. The lowest BCUT2D eigenvalue weighted by Gasteiger charge is -2.08. The molecule has 0 amide bonds. The molecule has 5 heteroatoms. The van der Waals surface area contributed by atoms with Gasteiger partial charge in [-0.3, -0.25) is 0 Å². The van der Waals surface area contributed by atoms with Crippen molar-refractivity contribution >= 4 is 28.8 Å². The van der Waals surface area contributed by atoms with Crippen LogP contribution in [-0.2, 0) is 6.54 Å². The van der Waals surface area contributed by atoms with E-state index in [0.29, 0.717) is 6.54 Å². The van der Waals surface area contributed by atoms with Crippen LogP contribution in [0.4, 0.5) is 5.69 Å². The standard InChI is InChI=1S/C10H10ClN3S/c1-7-9(11)3-2-4-10(7)12-5-8-6-15-14-13-8/h2-4,6,12H,5H2,1H3. The van der Waals surface area contributed by atoms with Gasteiger partial charge >= 0.3 is 0 Å². The predicted molar refractivity (Wildman–Crippen MR) is 63.4 cm³/mol. The van der Waals surface area contributed by atoms with Crippen molar-refractivity contribution in [2.45, 2.75) is 13.5 Å². The number of aromatic nitrogens is 2. The molecule has 0 spiro atoms. The Morgan fingerprint density at radius 1 is 1.47 bits per heavy atom. The zero-order chi connectivity index (χ0) is 10.7. The van der Waals surface area contributed by atoms with Gasteiger partial charge in [-0.1, -0.05) is 22.2 Å². The average molecular weight is 240 g/mol. The van der Waals surface area contributed by atoms with Crippen molar-refractivity contribution in [1.29, 1.82) is 0 Å². The van der Waals surface area contributed by atoms with Crippen molar-refractivity contribution in [1.82, 2.24) is 9.59 Å². The topological polar surface area (TPSA) is 37.8 Å². The maximum atomic E-state index is 6.01. The fourth-order valence-corrected chi connectivity index (χ4v) is 1.87. The van der Waals surface area contributed by atoms with Gasteiger partial charge in [-0.15, -0.1) is 5.10 Å². The molecule has 1 aromatic carbocycles. The number of nitrogens with zero attached hydrogens (tertiary/aromatic N) is 2. The van der Waals surface area contributed by atoms with Crippen molar-refractivity contribution in [2.24, 2.45) is 0 Å². The van der Waals surface area contributed by atoms with Crippen LogP contribution in [0, 0.1) is 6.92 Å². The van der Waals surface area contributed by atoms with E-state index in [1.165, 1.54) is 11.5 Å². The molecule has 3 nitrogen and oxygen atoms in total. The van der Waals surface area contributed by atoms with Crippen molar-refractivity contribution in [3.05, 3.63) is 39.9 Å². The first-order valence-electron chi connectivity index (χ1n) is 4.52. The van der Waals surface area contributed by atoms with Crippen LogP contribution in [0.1, 0.15) is 11.3 Å². The highest BCUT2D eigenvalue weighted by Crippen LogP contribution is 2.23. The molecule has 2 rings (SSSR count). The minimum Gasteiger partial charge on any atom is -0.379 e. The molecule has 78 valence electrons. The zero-order valence-electron chi connectivity index (χ0n) is 8.20. The Bertz CT molecular complexity index is 442. The summed E-state index contributed by atoms with van der Waals surface area (Å²) in [6, 6.07) is 5.81. The van der Waals surface area contributed by atoms with Crippen molar-refractivity contribution in [2.75, 3.05) is 5.32 Å². The molecule has 0 unspecified atom stereocenters. The normalized spacial score (nSPS) is 10.3. The Kier molecular flexibility index (Phi) is 3.18. The first kappa shape index (κ1) is 10.4. The van der Waals surface area contributed by atoms with E-state index in [2.05, 4.69) is 14.9 Å². The van der Waals surface area contributed by atoms with Gasteiger partial charge < -0.3 is 5.32 Å². The molecule has 0 fully saturated rings. The number of halogens is 1. The molecule has 0 atom stereocenters. The lowest BCUT2D eigenvalue weighted by molar-refractivity contribution is 0.997. The molecule has 0 aliphatic carbocycles. The molecule has 1 N–H and O–H groups in total. The van der Waals surface area contributed by atoms with E-state index in [1.54, 1.807) is 0 Å². The van der Waals surface area contributed by atoms with Crippen LogP contribution in [0.3, 0.4) is 0 Å². The second-order valence-corrected chi connectivity index (χ2v) is 4.18. The first-order valence-corrected chi connectivity index (χ1v) is 5.74. The van der Waals surface area contributed by atoms with Crippen LogP contribution in [0.5, 0.6) is 0 Å². The summed E-state index contributed by atoms with van der Waals surface area (Å²) in [6.45, 7) is 2.67. The molecule has 0 aliphatic rings. The summed E-state index contributed by atoms with van der Waals surface area (Å²) in [5.74, 6) is 0. The molecular weight excluding hydrogens is 230 g/mol. The van der Waals surface area contributed by atoms with Crippen LogP contribution >= 0.6 is 23.1 Å². The molecule has 0 bridgehead atoms. The Labute approximate surface area is 97.3 Å². The van der Waals surface area contributed by atoms with E-state index >= 15 is 0 Å². The third-order valence-corrected chi connectivity index (χ3v) is 3.10. The fourth-order valence-electron chi connectivity index (χ4n) is 1.25. The van der Waals surface area contributed by atoms with E-state index in [0.717, 1.165) is 22.0 Å². The number of rotatable bonds is 3. The zero-order valence-corrected chi connectivity index (χ0v) is 9.77. The summed E-state index contributed by atoms with van der Waals surface area (Å²) in [4.78, 5) is 0. The molecule has 15 heavy (non-hydrogen) atoms. The molecule has 0 saturated heterocycles. The highest BCUT2D eigenvalue weighted by molar-refractivity contribution is 7.03. The maximum absolute atomic E-state index is 6.01. The number of benzene rings is 1. The number of nitrogens with one attached hydrogen (secondary N) is 1. The summed E-state index contributed by atoms with van der Waals surface area (Å²) in [5, 5.41) is 9.93. The summed E-state index contributed by atoms with van der Waals surface area (Å²) < 4.78 is 3.80. The lowest BCUT2D eigenvalue weighted by atomic mass is 10.2. The van der Waals surface area contributed by atoms with Gasteiger partial charge in [0, 0.05) is 16.1 Å². The van der Waals surface area contributed by atoms with Gasteiger partial charge in [-0.25, -0.2) is 0 Å². The fraction of sp³-hybridized carbons (Fsp3) is 0.200. The maximum Gasteiger partial charge on any atom is 0.0946 e. The van der Waals surface area contributed by atoms with Crippen molar-refractivity contribution < 1.29 is 0 Å². The Hall–Kier alpha value is -1.13. The first-order chi connectivity index (χ1) is 7.27. The summed E-state index contributed by atoms with van der Waals surface area (Å²) in [5.41, 5.74) is 3.04. The van der Waals surface area contributed by atoms with Crippen LogP contribution < -0.4 is 5.32 Å². The highest BCUT2D eigenvalue weighted by atomic mass is 35.5. The second-order valence-electron chi connectivity index (χ2n) is 3.16. The third-order valence-electron chi connectivity index (χ3n) is 2.13. The number of anilines is 1. The Morgan fingerprint density at radius 3 is 3.07 bits per heavy atom. The molecular formula is C10H10ClN3S. The molecule has 0 radical (unpaired) electrons. The largest absolute Gasteiger partial charge is 0.379 e. The van der Waals surface area contributed by atoms with Crippen molar-refractivity contribution in [3.63, 3.8) is 0 Å². The molecule has 1 aromatic heterocycles. The predicted octanol–water partition coefficient (Wildman–Crippen LogP) is 3.11. The van der Waals surface area contributed by atoms with E-state index in [4.69, 9.17) is 11.6 Å². The van der Waals surface area contributed by atoms with Crippen LogP contribution in [0.15, 0.2) is 23.6 Å². The van der Waals surface area contributed by atoms with Crippen LogP contribution in [-0.4, -0.2) is 9.59 Å². The van der Waals surface area contributed by atoms with Crippen LogP contribution in [0.2, 0.25) is 5.02 Å². The Morgan fingerprint density at radius 2 is 2.33 bits per heavy atom. The quantitative estimate of drug-likeness (QED) is 0.895. The Balaban J connectivity index is 2.08. The minimum absolute atomic E-state index is 0.678. The van der Waals surface area contributed by atoms with Gasteiger partial charge in [0.15, 0.2) is 0 Å². The highest BCUT2D eigenvalue weighted by Gasteiger charge is 2.02. The number of hydrogen-bond donors (Lipinski definition) is 1. The summed E-state index contributed by atoms with van der Waals surface area (Å²) >= 11 is 7.36. The minimum atomic E-state index is 0.678. The van der Waals surface area contributed by atoms with Gasteiger partial charge in [0.2, 0.25) is 0 Å². The van der Waals surface area contributed by atoms with Gasteiger partial charge in [-0.2, -0.15) is 0 Å². The van der Waals surface area contributed by atoms with Crippen LogP contribution in [0.25, 0.3) is 0 Å². The molecule has 0 saturated carbocycles. The van der Waals surface area contributed by atoms with E-state index in [9.17, 15) is 0 Å².